The summed E-state index contributed by atoms with van der Waals surface area (Å²) in [6.45, 7) is 6.16. The van der Waals surface area contributed by atoms with Gasteiger partial charge < -0.3 is 15.8 Å². The number of benzene rings is 1. The Morgan fingerprint density at radius 2 is 1.80 bits per heavy atom. The molecule has 2 fully saturated rings. The third kappa shape index (κ3) is 5.00. The first-order chi connectivity index (χ1) is 14.2. The fraction of sp³-hybridized carbons (Fsp3) is 0.600. The molecule has 3 N–H and O–H groups in total. The largest absolute Gasteiger partial charge is 0.379 e. The number of nitrogens with two attached hydrogens (primary N) is 1. The summed E-state index contributed by atoms with van der Waals surface area (Å²) in [5.74, 6) is -0.645. The Bertz CT molecular complexity index is 890. The lowest BCUT2D eigenvalue weighted by Crippen LogP contribution is -2.47. The van der Waals surface area contributed by atoms with E-state index in [1.807, 2.05) is 4.90 Å². The molecular weight excluding hydrogens is 408 g/mol. The second kappa shape index (κ2) is 9.42. The molecule has 1 aromatic carbocycles. The predicted octanol–water partition coefficient (Wildman–Crippen LogP) is 0.540. The van der Waals surface area contributed by atoms with E-state index in [9.17, 15) is 18.0 Å². The minimum atomic E-state index is -3.66. The number of nitrogens with zero attached hydrogens (tertiary/aromatic N) is 2. The van der Waals surface area contributed by atoms with Gasteiger partial charge in [-0.3, -0.25) is 14.5 Å². The number of rotatable bonds is 6. The van der Waals surface area contributed by atoms with Crippen LogP contribution in [0.1, 0.15) is 25.3 Å². The number of sulfonamides is 1. The van der Waals surface area contributed by atoms with E-state index in [-0.39, 0.29) is 22.6 Å². The normalized spacial score (nSPS) is 20.6. The second-order valence-corrected chi connectivity index (χ2v) is 9.78. The van der Waals surface area contributed by atoms with Crippen LogP contribution >= 0.6 is 0 Å². The zero-order valence-corrected chi connectivity index (χ0v) is 18.3. The van der Waals surface area contributed by atoms with Crippen LogP contribution in [0.3, 0.4) is 0 Å². The molecule has 0 radical (unpaired) electrons. The standard InChI is InChI=1S/C20H30N4O5S/c1-14-3-4-17(13-18(14)30(27,28)24-9-11-29-12-10-24)22-20(26)15(2)23-7-5-16(6-8-23)19(21)25/h3-4,13,15-16H,5-12H2,1-2H3,(H2,21,25)(H,22,26). The number of aryl methyl sites for hydroxylation is 1. The summed E-state index contributed by atoms with van der Waals surface area (Å²) in [6, 6.07) is 4.52. The minimum absolute atomic E-state index is 0.137. The molecule has 166 valence electrons. The summed E-state index contributed by atoms with van der Waals surface area (Å²) in [4.78, 5) is 26.3. The molecule has 9 nitrogen and oxygen atoms in total. The molecule has 2 saturated heterocycles. The molecule has 2 heterocycles. The molecule has 0 aliphatic carbocycles. The van der Waals surface area contributed by atoms with E-state index in [1.165, 1.54) is 10.4 Å². The SMILES string of the molecule is Cc1ccc(NC(=O)C(C)N2CCC(C(N)=O)CC2)cc1S(=O)(=O)N1CCOCC1. The van der Waals surface area contributed by atoms with Gasteiger partial charge in [0.25, 0.3) is 0 Å². The number of carbonyl (C=O) groups is 2. The van der Waals surface area contributed by atoms with Crippen LogP contribution in [0.2, 0.25) is 0 Å². The highest BCUT2D eigenvalue weighted by Gasteiger charge is 2.30. The molecular formula is C20H30N4O5S. The fourth-order valence-electron chi connectivity index (χ4n) is 3.87. The van der Waals surface area contributed by atoms with Gasteiger partial charge in [0.2, 0.25) is 21.8 Å². The maximum absolute atomic E-state index is 13.0. The number of amides is 2. The van der Waals surface area contributed by atoms with Gasteiger partial charge in [-0.15, -0.1) is 0 Å². The summed E-state index contributed by atoms with van der Waals surface area (Å²) in [5.41, 5.74) is 6.44. The highest BCUT2D eigenvalue weighted by atomic mass is 32.2. The highest BCUT2D eigenvalue weighted by Crippen LogP contribution is 2.25. The first kappa shape index (κ1) is 22.7. The Labute approximate surface area is 177 Å². The van der Waals surface area contributed by atoms with Crippen molar-refractivity contribution in [2.45, 2.75) is 37.6 Å². The lowest BCUT2D eigenvalue weighted by molar-refractivity contribution is -0.124. The van der Waals surface area contributed by atoms with Crippen molar-refractivity contribution in [3.8, 4) is 0 Å². The molecule has 0 spiro atoms. The number of morpholine rings is 1. The molecule has 3 rings (SSSR count). The molecule has 1 unspecified atom stereocenters. The van der Waals surface area contributed by atoms with Crippen LogP contribution in [-0.2, 0) is 24.3 Å². The van der Waals surface area contributed by atoms with E-state index in [4.69, 9.17) is 10.5 Å². The van der Waals surface area contributed by atoms with E-state index < -0.39 is 16.1 Å². The van der Waals surface area contributed by atoms with Crippen molar-refractivity contribution in [2.75, 3.05) is 44.7 Å². The zero-order valence-electron chi connectivity index (χ0n) is 17.5. The fourth-order valence-corrected chi connectivity index (χ4v) is 5.52. The van der Waals surface area contributed by atoms with Gasteiger partial charge in [-0.25, -0.2) is 8.42 Å². The number of hydrogen-bond acceptors (Lipinski definition) is 6. The minimum Gasteiger partial charge on any atom is -0.379 e. The van der Waals surface area contributed by atoms with Gasteiger partial charge in [-0.05, 0) is 57.5 Å². The van der Waals surface area contributed by atoms with Gasteiger partial charge in [0, 0.05) is 24.7 Å². The van der Waals surface area contributed by atoms with Crippen LogP contribution in [0, 0.1) is 12.8 Å². The quantitative estimate of drug-likeness (QED) is 0.669. The van der Waals surface area contributed by atoms with Gasteiger partial charge in [-0.2, -0.15) is 4.31 Å². The number of piperidine rings is 1. The Hall–Kier alpha value is -2.01. The van der Waals surface area contributed by atoms with Gasteiger partial charge in [0.15, 0.2) is 0 Å². The van der Waals surface area contributed by atoms with E-state index in [0.29, 0.717) is 63.5 Å². The average molecular weight is 439 g/mol. The maximum atomic E-state index is 13.0. The molecule has 2 aliphatic rings. The molecule has 0 saturated carbocycles. The number of anilines is 1. The molecule has 2 aliphatic heterocycles. The summed E-state index contributed by atoms with van der Waals surface area (Å²) in [7, 11) is -3.66. The highest BCUT2D eigenvalue weighted by molar-refractivity contribution is 7.89. The smallest absolute Gasteiger partial charge is 0.243 e. The van der Waals surface area contributed by atoms with Crippen LogP contribution in [0.4, 0.5) is 5.69 Å². The molecule has 2 amide bonds. The predicted molar refractivity (Wildman–Crippen MR) is 112 cm³/mol. The van der Waals surface area contributed by atoms with E-state index in [2.05, 4.69) is 5.32 Å². The second-order valence-electron chi connectivity index (χ2n) is 7.87. The Morgan fingerprint density at radius 1 is 1.17 bits per heavy atom. The van der Waals surface area contributed by atoms with Gasteiger partial charge in [-0.1, -0.05) is 6.07 Å². The van der Waals surface area contributed by atoms with Crippen LogP contribution in [-0.4, -0.2) is 74.9 Å². The van der Waals surface area contributed by atoms with Crippen LogP contribution in [0.5, 0.6) is 0 Å². The number of primary amides is 1. The van der Waals surface area contributed by atoms with E-state index in [0.717, 1.165) is 0 Å². The third-order valence-electron chi connectivity index (χ3n) is 5.90. The maximum Gasteiger partial charge on any atom is 0.243 e. The number of likely N-dealkylation sites (tertiary alicyclic amines) is 1. The van der Waals surface area contributed by atoms with E-state index in [1.54, 1.807) is 26.0 Å². The zero-order chi connectivity index (χ0) is 21.9. The lowest BCUT2D eigenvalue weighted by atomic mass is 9.95. The summed E-state index contributed by atoms with van der Waals surface area (Å²) in [5, 5.41) is 2.84. The van der Waals surface area contributed by atoms with Crippen molar-refractivity contribution in [2.24, 2.45) is 11.7 Å². The van der Waals surface area contributed by atoms with Crippen molar-refractivity contribution in [1.82, 2.24) is 9.21 Å². The van der Waals surface area contributed by atoms with Crippen LogP contribution < -0.4 is 11.1 Å². The first-order valence-corrected chi connectivity index (χ1v) is 11.7. The van der Waals surface area contributed by atoms with Crippen molar-refractivity contribution in [1.29, 1.82) is 0 Å². The summed E-state index contributed by atoms with van der Waals surface area (Å²) < 4.78 is 32.7. The topological polar surface area (TPSA) is 122 Å². The number of ether oxygens (including phenoxy) is 1. The Morgan fingerprint density at radius 3 is 2.40 bits per heavy atom. The van der Waals surface area contributed by atoms with Crippen LogP contribution in [0.15, 0.2) is 23.1 Å². The van der Waals surface area contributed by atoms with E-state index >= 15 is 0 Å². The van der Waals surface area contributed by atoms with Crippen molar-refractivity contribution in [3.05, 3.63) is 23.8 Å². The third-order valence-corrected chi connectivity index (χ3v) is 7.94. The van der Waals surface area contributed by atoms with Crippen molar-refractivity contribution < 1.29 is 22.7 Å². The van der Waals surface area contributed by atoms with Gasteiger partial charge >= 0.3 is 0 Å². The van der Waals surface area contributed by atoms with Crippen molar-refractivity contribution >= 4 is 27.5 Å². The molecule has 10 heteroatoms. The molecule has 0 aromatic heterocycles. The number of nitrogens with one attached hydrogen (secondary N) is 1. The molecule has 1 aromatic rings. The van der Waals surface area contributed by atoms with Gasteiger partial charge in [0.05, 0.1) is 24.2 Å². The first-order valence-electron chi connectivity index (χ1n) is 10.2. The lowest BCUT2D eigenvalue weighted by Gasteiger charge is -2.34. The Balaban J connectivity index is 1.69. The number of carbonyl (C=O) groups excluding carboxylic acids is 2. The average Bonchev–Trinajstić information content (AvgIpc) is 2.75. The Kier molecular flexibility index (Phi) is 7.12. The van der Waals surface area contributed by atoms with Crippen LogP contribution in [0.25, 0.3) is 0 Å². The summed E-state index contributed by atoms with van der Waals surface area (Å²) in [6.07, 6.45) is 1.28. The monoisotopic (exact) mass is 438 g/mol. The molecule has 30 heavy (non-hydrogen) atoms. The molecule has 1 atom stereocenters. The van der Waals surface area contributed by atoms with Gasteiger partial charge in [0.1, 0.15) is 0 Å². The summed E-state index contributed by atoms with van der Waals surface area (Å²) >= 11 is 0. The van der Waals surface area contributed by atoms with Crippen molar-refractivity contribution in [3.63, 3.8) is 0 Å². The molecule has 0 bridgehead atoms. The number of hydrogen-bond donors (Lipinski definition) is 2.